The van der Waals surface area contributed by atoms with Crippen LogP contribution in [0.1, 0.15) is 13.3 Å². The van der Waals surface area contributed by atoms with Gasteiger partial charge in [-0.05, 0) is 25.1 Å². The fourth-order valence-corrected chi connectivity index (χ4v) is 3.43. The topological polar surface area (TPSA) is 61.2 Å². The third-order valence-electron chi connectivity index (χ3n) is 2.52. The molecule has 1 aromatic rings. The van der Waals surface area contributed by atoms with E-state index in [4.69, 9.17) is 28.5 Å². The number of nitrogens with zero attached hydrogens (tertiary/aromatic N) is 2. The maximum Gasteiger partial charge on any atom is 0.243 e. The molecule has 1 aromatic carbocycles. The van der Waals surface area contributed by atoms with E-state index in [2.05, 4.69) is 0 Å². The van der Waals surface area contributed by atoms with E-state index in [0.717, 1.165) is 4.31 Å². The quantitative estimate of drug-likeness (QED) is 0.859. The molecule has 4 nitrogen and oxygen atoms in total. The van der Waals surface area contributed by atoms with Gasteiger partial charge < -0.3 is 0 Å². The Morgan fingerprint density at radius 1 is 1.33 bits per heavy atom. The van der Waals surface area contributed by atoms with Crippen molar-refractivity contribution in [3.05, 3.63) is 28.2 Å². The third kappa shape index (κ3) is 3.36. The summed E-state index contributed by atoms with van der Waals surface area (Å²) < 4.78 is 25.6. The van der Waals surface area contributed by atoms with E-state index in [1.54, 1.807) is 6.92 Å². The van der Waals surface area contributed by atoms with E-state index in [0.29, 0.717) is 0 Å². The summed E-state index contributed by atoms with van der Waals surface area (Å²) in [6.45, 7) is 1.66. The van der Waals surface area contributed by atoms with Gasteiger partial charge in [-0.2, -0.15) is 9.57 Å². The molecule has 0 saturated heterocycles. The molecule has 98 valence electrons. The molecule has 0 radical (unpaired) electrons. The van der Waals surface area contributed by atoms with Gasteiger partial charge in [0, 0.05) is 23.1 Å². The average Bonchev–Trinajstić information content (AvgIpc) is 2.27. The Balaban J connectivity index is 3.17. The minimum atomic E-state index is -3.69. The van der Waals surface area contributed by atoms with Crippen molar-refractivity contribution in [2.45, 2.75) is 24.3 Å². The standard InChI is InChI=1S/C11H12Cl2N2O2S/c1-8(3-4-14)15(2)18(16,17)11-6-9(12)5-10(13)7-11/h5-8H,3H2,1-2H3. The van der Waals surface area contributed by atoms with E-state index in [-0.39, 0.29) is 21.4 Å². The van der Waals surface area contributed by atoms with E-state index >= 15 is 0 Å². The molecule has 0 fully saturated rings. The summed E-state index contributed by atoms with van der Waals surface area (Å²) in [4.78, 5) is 0.0206. The minimum absolute atomic E-state index is 0.0206. The number of hydrogen-bond acceptors (Lipinski definition) is 3. The molecule has 0 aliphatic rings. The van der Waals surface area contributed by atoms with Crippen LogP contribution in [-0.4, -0.2) is 25.8 Å². The lowest BCUT2D eigenvalue weighted by atomic mass is 10.3. The zero-order valence-electron chi connectivity index (χ0n) is 9.89. The summed E-state index contributed by atoms with van der Waals surface area (Å²) in [5.41, 5.74) is 0. The molecule has 0 aliphatic heterocycles. The van der Waals surface area contributed by atoms with Crippen LogP contribution < -0.4 is 0 Å². The highest BCUT2D eigenvalue weighted by molar-refractivity contribution is 7.89. The zero-order valence-corrected chi connectivity index (χ0v) is 12.2. The normalized spacial score (nSPS) is 13.3. The number of hydrogen-bond donors (Lipinski definition) is 0. The Labute approximate surface area is 117 Å². The van der Waals surface area contributed by atoms with Crippen LogP contribution in [0.3, 0.4) is 0 Å². The first-order chi connectivity index (χ1) is 8.28. The minimum Gasteiger partial charge on any atom is -0.207 e. The molecular formula is C11H12Cl2N2O2S. The molecule has 0 aromatic heterocycles. The number of rotatable bonds is 4. The van der Waals surface area contributed by atoms with Crippen LogP contribution in [0.15, 0.2) is 23.1 Å². The maximum absolute atomic E-state index is 12.3. The van der Waals surface area contributed by atoms with Crippen molar-refractivity contribution in [3.63, 3.8) is 0 Å². The number of nitriles is 1. The average molecular weight is 307 g/mol. The van der Waals surface area contributed by atoms with Crippen LogP contribution in [0.2, 0.25) is 10.0 Å². The first-order valence-electron chi connectivity index (χ1n) is 5.10. The van der Waals surface area contributed by atoms with Gasteiger partial charge in [-0.1, -0.05) is 23.2 Å². The molecule has 1 unspecified atom stereocenters. The Kier molecular flexibility index (Phi) is 5.00. The lowest BCUT2D eigenvalue weighted by molar-refractivity contribution is 0.393. The number of sulfonamides is 1. The van der Waals surface area contributed by atoms with Crippen molar-refractivity contribution in [1.29, 1.82) is 5.26 Å². The lowest BCUT2D eigenvalue weighted by Gasteiger charge is -2.22. The van der Waals surface area contributed by atoms with Crippen LogP contribution in [0.4, 0.5) is 0 Å². The second-order valence-corrected chi connectivity index (χ2v) is 6.71. The zero-order chi connectivity index (χ0) is 13.9. The maximum atomic E-state index is 12.3. The first kappa shape index (κ1) is 15.3. The molecule has 0 heterocycles. The lowest BCUT2D eigenvalue weighted by Crippen LogP contribution is -2.34. The molecule has 7 heteroatoms. The van der Waals surface area contributed by atoms with Crippen LogP contribution >= 0.6 is 23.2 Å². The predicted molar refractivity (Wildman–Crippen MR) is 71.1 cm³/mol. The van der Waals surface area contributed by atoms with Gasteiger partial charge in [-0.15, -0.1) is 0 Å². The first-order valence-corrected chi connectivity index (χ1v) is 7.29. The van der Waals surface area contributed by atoms with Gasteiger partial charge in [-0.25, -0.2) is 8.42 Å². The monoisotopic (exact) mass is 306 g/mol. The highest BCUT2D eigenvalue weighted by atomic mass is 35.5. The summed E-state index contributed by atoms with van der Waals surface area (Å²) in [6, 6.07) is 5.64. The number of halogens is 2. The van der Waals surface area contributed by atoms with Gasteiger partial charge in [0.25, 0.3) is 0 Å². The Bertz CT molecular complexity index is 561. The van der Waals surface area contributed by atoms with Crippen molar-refractivity contribution >= 4 is 33.2 Å². The van der Waals surface area contributed by atoms with Gasteiger partial charge in [0.1, 0.15) is 0 Å². The second kappa shape index (κ2) is 5.89. The van der Waals surface area contributed by atoms with Crippen LogP contribution in [0, 0.1) is 11.3 Å². The van der Waals surface area contributed by atoms with E-state index in [9.17, 15) is 8.42 Å². The van der Waals surface area contributed by atoms with E-state index in [1.807, 2.05) is 6.07 Å². The molecule has 0 N–H and O–H groups in total. The molecule has 0 saturated carbocycles. The molecule has 0 bridgehead atoms. The van der Waals surface area contributed by atoms with Gasteiger partial charge in [-0.3, -0.25) is 0 Å². The van der Waals surface area contributed by atoms with Gasteiger partial charge in [0.05, 0.1) is 17.4 Å². The Morgan fingerprint density at radius 3 is 2.28 bits per heavy atom. The SMILES string of the molecule is CC(CC#N)N(C)S(=O)(=O)c1cc(Cl)cc(Cl)c1. The highest BCUT2D eigenvalue weighted by Gasteiger charge is 2.25. The van der Waals surface area contributed by atoms with Gasteiger partial charge in [0.15, 0.2) is 0 Å². The fourth-order valence-electron chi connectivity index (χ4n) is 1.34. The fraction of sp³-hybridized carbons (Fsp3) is 0.364. The molecule has 18 heavy (non-hydrogen) atoms. The summed E-state index contributed by atoms with van der Waals surface area (Å²) in [6.07, 6.45) is 0.115. The van der Waals surface area contributed by atoms with Crippen molar-refractivity contribution in [3.8, 4) is 6.07 Å². The van der Waals surface area contributed by atoms with Crippen LogP contribution in [0.5, 0.6) is 0 Å². The largest absolute Gasteiger partial charge is 0.243 e. The van der Waals surface area contributed by atoms with Crippen LogP contribution in [-0.2, 0) is 10.0 Å². The van der Waals surface area contributed by atoms with Crippen molar-refractivity contribution in [2.24, 2.45) is 0 Å². The van der Waals surface area contributed by atoms with Gasteiger partial charge in [0.2, 0.25) is 10.0 Å². The molecular weight excluding hydrogens is 295 g/mol. The Morgan fingerprint density at radius 2 is 1.83 bits per heavy atom. The summed E-state index contributed by atoms with van der Waals surface area (Å²) in [5.74, 6) is 0. The molecule has 0 spiro atoms. The molecule has 1 atom stereocenters. The highest BCUT2D eigenvalue weighted by Crippen LogP contribution is 2.25. The van der Waals surface area contributed by atoms with E-state index < -0.39 is 16.1 Å². The summed E-state index contributed by atoms with van der Waals surface area (Å²) in [5, 5.41) is 9.10. The number of benzene rings is 1. The molecule has 0 aliphatic carbocycles. The third-order valence-corrected chi connectivity index (χ3v) is 4.91. The smallest absolute Gasteiger partial charge is 0.207 e. The van der Waals surface area contributed by atoms with Crippen LogP contribution in [0.25, 0.3) is 0 Å². The van der Waals surface area contributed by atoms with Gasteiger partial charge >= 0.3 is 0 Å². The van der Waals surface area contributed by atoms with E-state index in [1.165, 1.54) is 25.2 Å². The second-order valence-electron chi connectivity index (χ2n) is 3.84. The summed E-state index contributed by atoms with van der Waals surface area (Å²) in [7, 11) is -2.27. The Hall–Kier alpha value is -0.800. The van der Waals surface area contributed by atoms with Crippen molar-refractivity contribution < 1.29 is 8.42 Å². The molecule has 0 amide bonds. The molecule has 1 rings (SSSR count). The van der Waals surface area contributed by atoms with Crippen molar-refractivity contribution in [2.75, 3.05) is 7.05 Å². The summed E-state index contributed by atoms with van der Waals surface area (Å²) >= 11 is 11.6. The van der Waals surface area contributed by atoms with Crippen molar-refractivity contribution in [1.82, 2.24) is 4.31 Å². The predicted octanol–water partition coefficient (Wildman–Crippen LogP) is 2.92.